The fourth-order valence-electron chi connectivity index (χ4n) is 4.33. The van der Waals surface area contributed by atoms with Gasteiger partial charge in [-0.2, -0.15) is 11.8 Å². The van der Waals surface area contributed by atoms with Gasteiger partial charge < -0.3 is 9.80 Å². The maximum absolute atomic E-state index is 12.9. The number of hydrogen-bond acceptors (Lipinski definition) is 3. The lowest BCUT2D eigenvalue weighted by atomic mass is 10.0. The number of amides is 1. The molecule has 0 bridgehead atoms. The number of nitrogens with zero attached hydrogens (tertiary/aromatic N) is 2. The standard InChI is InChI=1S/C18H32N2OS/c21-18(13-16-7-2-3-8-16)20-11-6-12-22-15-17(20)14-19-9-4-1-5-10-19/h16-17H,1-15H2. The van der Waals surface area contributed by atoms with Gasteiger partial charge in [0.1, 0.15) is 0 Å². The molecule has 0 N–H and O–H groups in total. The Morgan fingerprint density at radius 3 is 2.50 bits per heavy atom. The maximum atomic E-state index is 12.9. The highest BCUT2D eigenvalue weighted by atomic mass is 32.2. The first-order valence-electron chi connectivity index (χ1n) is 9.42. The number of likely N-dealkylation sites (tertiary alicyclic amines) is 1. The van der Waals surface area contributed by atoms with Crippen molar-refractivity contribution >= 4 is 17.7 Å². The number of carbonyl (C=O) groups excluding carboxylic acids is 1. The van der Waals surface area contributed by atoms with E-state index in [0.717, 1.165) is 25.3 Å². The summed E-state index contributed by atoms with van der Waals surface area (Å²) in [7, 11) is 0. The zero-order valence-corrected chi connectivity index (χ0v) is 14.8. The molecule has 22 heavy (non-hydrogen) atoms. The normalized spacial score (nSPS) is 28.7. The number of thioether (sulfide) groups is 1. The van der Waals surface area contributed by atoms with E-state index in [0.29, 0.717) is 17.9 Å². The molecule has 2 heterocycles. The topological polar surface area (TPSA) is 23.6 Å². The Balaban J connectivity index is 1.57. The molecule has 1 saturated carbocycles. The van der Waals surface area contributed by atoms with Gasteiger partial charge in [-0.3, -0.25) is 4.79 Å². The maximum Gasteiger partial charge on any atom is 0.223 e. The van der Waals surface area contributed by atoms with Crippen LogP contribution in [0.2, 0.25) is 0 Å². The first kappa shape index (κ1) is 16.6. The van der Waals surface area contributed by atoms with Gasteiger partial charge >= 0.3 is 0 Å². The Labute approximate surface area is 140 Å². The second kappa shape index (κ2) is 8.58. The number of rotatable bonds is 4. The van der Waals surface area contributed by atoms with E-state index in [1.807, 2.05) is 0 Å². The average Bonchev–Trinajstić information content (AvgIpc) is 2.93. The molecule has 4 heteroatoms. The Morgan fingerprint density at radius 2 is 1.73 bits per heavy atom. The largest absolute Gasteiger partial charge is 0.338 e. The number of carbonyl (C=O) groups is 1. The van der Waals surface area contributed by atoms with Crippen molar-refractivity contribution < 1.29 is 4.79 Å². The fraction of sp³-hybridized carbons (Fsp3) is 0.944. The summed E-state index contributed by atoms with van der Waals surface area (Å²) < 4.78 is 0. The molecule has 2 saturated heterocycles. The van der Waals surface area contributed by atoms with Gasteiger partial charge in [0.05, 0.1) is 6.04 Å². The van der Waals surface area contributed by atoms with E-state index in [9.17, 15) is 4.79 Å². The lowest BCUT2D eigenvalue weighted by Crippen LogP contribution is -2.49. The Kier molecular flexibility index (Phi) is 6.49. The summed E-state index contributed by atoms with van der Waals surface area (Å²) in [4.78, 5) is 17.7. The van der Waals surface area contributed by atoms with Gasteiger partial charge in [-0.25, -0.2) is 0 Å². The van der Waals surface area contributed by atoms with Crippen LogP contribution in [-0.2, 0) is 4.79 Å². The van der Waals surface area contributed by atoms with Gasteiger partial charge in [0.15, 0.2) is 0 Å². The summed E-state index contributed by atoms with van der Waals surface area (Å²) >= 11 is 2.06. The van der Waals surface area contributed by atoms with Gasteiger partial charge in [-0.15, -0.1) is 0 Å². The molecule has 0 radical (unpaired) electrons. The molecule has 1 aliphatic carbocycles. The minimum atomic E-state index is 0.455. The van der Waals surface area contributed by atoms with Gasteiger partial charge in [0.2, 0.25) is 5.91 Å². The van der Waals surface area contributed by atoms with Crippen LogP contribution in [0.3, 0.4) is 0 Å². The highest BCUT2D eigenvalue weighted by molar-refractivity contribution is 7.99. The Morgan fingerprint density at radius 1 is 0.955 bits per heavy atom. The second-order valence-electron chi connectivity index (χ2n) is 7.39. The molecule has 1 atom stereocenters. The summed E-state index contributed by atoms with van der Waals surface area (Å²) in [6.45, 7) is 4.60. The van der Waals surface area contributed by atoms with Crippen LogP contribution in [0.25, 0.3) is 0 Å². The monoisotopic (exact) mass is 324 g/mol. The van der Waals surface area contributed by atoms with E-state index in [4.69, 9.17) is 0 Å². The molecular weight excluding hydrogens is 292 g/mol. The molecule has 3 rings (SSSR count). The smallest absolute Gasteiger partial charge is 0.223 e. The summed E-state index contributed by atoms with van der Waals surface area (Å²) in [6.07, 6.45) is 11.3. The molecule has 3 nitrogen and oxygen atoms in total. The minimum Gasteiger partial charge on any atom is -0.338 e. The van der Waals surface area contributed by atoms with E-state index in [2.05, 4.69) is 21.6 Å². The quantitative estimate of drug-likeness (QED) is 0.792. The fourth-order valence-corrected chi connectivity index (χ4v) is 5.38. The van der Waals surface area contributed by atoms with E-state index in [1.54, 1.807) is 0 Å². The minimum absolute atomic E-state index is 0.455. The SMILES string of the molecule is O=C(CC1CCCC1)N1CCCSCC1CN1CCCCC1. The molecule has 3 aliphatic rings. The zero-order valence-electron chi connectivity index (χ0n) is 14.0. The number of hydrogen-bond donors (Lipinski definition) is 0. The van der Waals surface area contributed by atoms with Crippen LogP contribution in [0.4, 0.5) is 0 Å². The zero-order chi connectivity index (χ0) is 15.2. The molecule has 0 aromatic carbocycles. The van der Waals surface area contributed by atoms with Crippen LogP contribution >= 0.6 is 11.8 Å². The summed E-state index contributed by atoms with van der Waals surface area (Å²) in [6, 6.07) is 0.458. The molecule has 0 aromatic heterocycles. The van der Waals surface area contributed by atoms with E-state index >= 15 is 0 Å². The van der Waals surface area contributed by atoms with Crippen molar-refractivity contribution in [2.75, 3.05) is 37.7 Å². The van der Waals surface area contributed by atoms with Crippen molar-refractivity contribution in [2.45, 2.75) is 63.8 Å². The third-order valence-electron chi connectivity index (χ3n) is 5.61. The van der Waals surface area contributed by atoms with Crippen molar-refractivity contribution in [3.05, 3.63) is 0 Å². The van der Waals surface area contributed by atoms with Crippen LogP contribution in [-0.4, -0.2) is 59.4 Å². The van der Waals surface area contributed by atoms with E-state index < -0.39 is 0 Å². The van der Waals surface area contributed by atoms with Crippen LogP contribution in [0.1, 0.15) is 57.8 Å². The number of piperidine rings is 1. The van der Waals surface area contributed by atoms with Gasteiger partial charge in [-0.1, -0.05) is 19.3 Å². The molecule has 1 unspecified atom stereocenters. The van der Waals surface area contributed by atoms with Gasteiger partial charge in [0, 0.05) is 25.3 Å². The molecule has 0 spiro atoms. The van der Waals surface area contributed by atoms with Crippen molar-refractivity contribution in [2.24, 2.45) is 5.92 Å². The summed E-state index contributed by atoms with van der Waals surface area (Å²) in [5.41, 5.74) is 0. The highest BCUT2D eigenvalue weighted by Gasteiger charge is 2.29. The first-order chi connectivity index (χ1) is 10.8. The Hall–Kier alpha value is -0.220. The van der Waals surface area contributed by atoms with Gasteiger partial charge in [0.25, 0.3) is 0 Å². The Bertz CT molecular complexity index is 351. The molecule has 1 amide bonds. The van der Waals surface area contributed by atoms with Crippen LogP contribution < -0.4 is 0 Å². The third kappa shape index (κ3) is 4.64. The predicted octanol–water partition coefficient (Wildman–Crippen LogP) is 3.39. The van der Waals surface area contributed by atoms with Crippen LogP contribution in [0, 0.1) is 5.92 Å². The third-order valence-corrected chi connectivity index (χ3v) is 6.81. The van der Waals surface area contributed by atoms with Crippen LogP contribution in [0.5, 0.6) is 0 Å². The summed E-state index contributed by atoms with van der Waals surface area (Å²) in [5, 5.41) is 0. The summed E-state index contributed by atoms with van der Waals surface area (Å²) in [5.74, 6) is 3.51. The average molecular weight is 325 g/mol. The molecule has 3 fully saturated rings. The lowest BCUT2D eigenvalue weighted by molar-refractivity contribution is -0.134. The molecule has 2 aliphatic heterocycles. The van der Waals surface area contributed by atoms with Crippen molar-refractivity contribution in [1.29, 1.82) is 0 Å². The predicted molar refractivity (Wildman–Crippen MR) is 94.3 cm³/mol. The van der Waals surface area contributed by atoms with Crippen molar-refractivity contribution in [1.82, 2.24) is 9.80 Å². The molecule has 0 aromatic rings. The lowest BCUT2D eigenvalue weighted by Gasteiger charge is -2.36. The molecule has 126 valence electrons. The van der Waals surface area contributed by atoms with E-state index in [-0.39, 0.29) is 0 Å². The van der Waals surface area contributed by atoms with Crippen molar-refractivity contribution in [3.63, 3.8) is 0 Å². The van der Waals surface area contributed by atoms with Crippen LogP contribution in [0.15, 0.2) is 0 Å². The molecular formula is C18H32N2OS. The van der Waals surface area contributed by atoms with E-state index in [1.165, 1.54) is 70.2 Å². The highest BCUT2D eigenvalue weighted by Crippen LogP contribution is 2.29. The first-order valence-corrected chi connectivity index (χ1v) is 10.6. The van der Waals surface area contributed by atoms with Crippen molar-refractivity contribution in [3.8, 4) is 0 Å². The second-order valence-corrected chi connectivity index (χ2v) is 8.54. The van der Waals surface area contributed by atoms with Gasteiger partial charge in [-0.05, 0) is 56.9 Å².